The largest absolute Gasteiger partial charge is 0.139 e. The lowest BCUT2D eigenvalue weighted by atomic mass is 9.93. The van der Waals surface area contributed by atoms with Gasteiger partial charge in [0.25, 0.3) is 0 Å². The standard InChI is InChI=1S/C17H21B/c1-2-3-4-5-14-6-8-15(9-7-14)16-10-12-17(18)13-11-16/h6-13H,2-5,18H2,1H3. The van der Waals surface area contributed by atoms with E-state index in [0.717, 1.165) is 0 Å². The molecule has 0 atom stereocenters. The lowest BCUT2D eigenvalue weighted by Gasteiger charge is -2.05. The first-order chi connectivity index (χ1) is 8.79. The number of rotatable bonds is 5. The maximum Gasteiger partial charge on any atom is 0.139 e. The zero-order chi connectivity index (χ0) is 12.8. The van der Waals surface area contributed by atoms with Crippen molar-refractivity contribution in [3.8, 4) is 11.1 Å². The van der Waals surface area contributed by atoms with E-state index in [-0.39, 0.29) is 0 Å². The van der Waals surface area contributed by atoms with Gasteiger partial charge in [0.1, 0.15) is 7.85 Å². The smallest absolute Gasteiger partial charge is 0.0889 e. The van der Waals surface area contributed by atoms with Crippen molar-refractivity contribution < 1.29 is 0 Å². The highest BCUT2D eigenvalue weighted by Crippen LogP contribution is 2.19. The molecular formula is C17H21B. The Hall–Kier alpha value is -1.50. The second-order valence-electron chi connectivity index (χ2n) is 5.02. The predicted octanol–water partition coefficient (Wildman–Crippen LogP) is 3.34. The third kappa shape index (κ3) is 3.50. The molecule has 0 saturated heterocycles. The molecule has 0 radical (unpaired) electrons. The van der Waals surface area contributed by atoms with Crippen molar-refractivity contribution in [1.29, 1.82) is 0 Å². The van der Waals surface area contributed by atoms with Gasteiger partial charge in [-0.25, -0.2) is 0 Å². The molecule has 2 aromatic rings. The number of aryl methyl sites for hydroxylation is 1. The molecule has 0 aromatic heterocycles. The Kier molecular flexibility index (Phi) is 4.63. The van der Waals surface area contributed by atoms with E-state index in [0.29, 0.717) is 0 Å². The molecule has 0 spiro atoms. The van der Waals surface area contributed by atoms with Crippen LogP contribution in [-0.2, 0) is 6.42 Å². The van der Waals surface area contributed by atoms with E-state index in [4.69, 9.17) is 0 Å². The van der Waals surface area contributed by atoms with Crippen LogP contribution >= 0.6 is 0 Å². The molecule has 0 heterocycles. The molecule has 0 nitrogen and oxygen atoms in total. The van der Waals surface area contributed by atoms with Gasteiger partial charge in [-0.05, 0) is 29.5 Å². The van der Waals surface area contributed by atoms with Crippen LogP contribution in [-0.4, -0.2) is 7.85 Å². The lowest BCUT2D eigenvalue weighted by molar-refractivity contribution is 0.717. The van der Waals surface area contributed by atoms with Gasteiger partial charge in [-0.15, -0.1) is 0 Å². The van der Waals surface area contributed by atoms with E-state index in [2.05, 4.69) is 63.3 Å². The zero-order valence-electron chi connectivity index (χ0n) is 11.4. The summed E-state index contributed by atoms with van der Waals surface area (Å²) < 4.78 is 0. The van der Waals surface area contributed by atoms with E-state index < -0.39 is 0 Å². The van der Waals surface area contributed by atoms with Gasteiger partial charge >= 0.3 is 0 Å². The first-order valence-electron chi connectivity index (χ1n) is 6.95. The zero-order valence-corrected chi connectivity index (χ0v) is 11.4. The van der Waals surface area contributed by atoms with E-state index in [1.54, 1.807) is 0 Å². The second kappa shape index (κ2) is 6.44. The van der Waals surface area contributed by atoms with Crippen LogP contribution in [0.1, 0.15) is 31.7 Å². The van der Waals surface area contributed by atoms with E-state index in [1.807, 2.05) is 0 Å². The summed E-state index contributed by atoms with van der Waals surface area (Å²) in [6.07, 6.45) is 5.14. The van der Waals surface area contributed by atoms with Gasteiger partial charge in [-0.1, -0.05) is 73.8 Å². The molecule has 0 N–H and O–H groups in total. The fraction of sp³-hybridized carbons (Fsp3) is 0.294. The Morgan fingerprint density at radius 1 is 0.778 bits per heavy atom. The van der Waals surface area contributed by atoms with Crippen LogP contribution in [0.2, 0.25) is 0 Å². The maximum atomic E-state index is 2.27. The van der Waals surface area contributed by atoms with Crippen molar-refractivity contribution >= 4 is 13.3 Å². The molecule has 0 aliphatic carbocycles. The molecule has 2 aromatic carbocycles. The highest BCUT2D eigenvalue weighted by Gasteiger charge is 1.98. The Balaban J connectivity index is 2.05. The van der Waals surface area contributed by atoms with Crippen molar-refractivity contribution in [2.45, 2.75) is 32.6 Å². The van der Waals surface area contributed by atoms with Gasteiger partial charge in [0.05, 0.1) is 0 Å². The van der Waals surface area contributed by atoms with Gasteiger partial charge in [0, 0.05) is 0 Å². The van der Waals surface area contributed by atoms with Crippen molar-refractivity contribution in [1.82, 2.24) is 0 Å². The summed E-state index contributed by atoms with van der Waals surface area (Å²) in [6, 6.07) is 17.8. The maximum absolute atomic E-state index is 2.27. The van der Waals surface area contributed by atoms with Crippen LogP contribution in [0.25, 0.3) is 11.1 Å². The molecule has 0 bridgehead atoms. The highest BCUT2D eigenvalue weighted by molar-refractivity contribution is 6.32. The minimum absolute atomic E-state index is 1.21. The third-order valence-electron chi connectivity index (χ3n) is 3.41. The van der Waals surface area contributed by atoms with Gasteiger partial charge in [0.2, 0.25) is 0 Å². The minimum Gasteiger partial charge on any atom is -0.0889 e. The topological polar surface area (TPSA) is 0 Å². The fourth-order valence-corrected chi connectivity index (χ4v) is 2.19. The monoisotopic (exact) mass is 236 g/mol. The molecule has 0 unspecified atom stereocenters. The average Bonchev–Trinajstić information content (AvgIpc) is 2.41. The summed E-state index contributed by atoms with van der Waals surface area (Å²) in [5.74, 6) is 0. The van der Waals surface area contributed by atoms with Crippen molar-refractivity contribution in [3.63, 3.8) is 0 Å². The molecular weight excluding hydrogens is 215 g/mol. The predicted molar refractivity (Wildman–Crippen MR) is 83.3 cm³/mol. The van der Waals surface area contributed by atoms with E-state index in [1.165, 1.54) is 47.8 Å². The summed E-state index contributed by atoms with van der Waals surface area (Å²) >= 11 is 0. The second-order valence-corrected chi connectivity index (χ2v) is 5.02. The van der Waals surface area contributed by atoms with Crippen molar-refractivity contribution in [2.75, 3.05) is 0 Å². The van der Waals surface area contributed by atoms with Gasteiger partial charge in [-0.2, -0.15) is 0 Å². The molecule has 1 heteroatoms. The molecule has 2 rings (SSSR count). The molecule has 92 valence electrons. The summed E-state index contributed by atoms with van der Waals surface area (Å²) in [5, 5.41) is 0. The van der Waals surface area contributed by atoms with Crippen LogP contribution in [0.15, 0.2) is 48.5 Å². The molecule has 0 saturated carbocycles. The number of unbranched alkanes of at least 4 members (excludes halogenated alkanes) is 2. The summed E-state index contributed by atoms with van der Waals surface area (Å²) in [6.45, 7) is 2.25. The van der Waals surface area contributed by atoms with Crippen LogP contribution in [0.4, 0.5) is 0 Å². The van der Waals surface area contributed by atoms with E-state index in [9.17, 15) is 0 Å². The normalized spacial score (nSPS) is 10.5. The third-order valence-corrected chi connectivity index (χ3v) is 3.41. The Bertz CT molecular complexity index is 468. The van der Waals surface area contributed by atoms with Crippen molar-refractivity contribution in [2.24, 2.45) is 0 Å². The fourth-order valence-electron chi connectivity index (χ4n) is 2.19. The Morgan fingerprint density at radius 3 is 1.89 bits per heavy atom. The average molecular weight is 236 g/mol. The number of hydrogen-bond acceptors (Lipinski definition) is 0. The lowest BCUT2D eigenvalue weighted by Crippen LogP contribution is -1.99. The van der Waals surface area contributed by atoms with Gasteiger partial charge < -0.3 is 0 Å². The molecule has 18 heavy (non-hydrogen) atoms. The highest BCUT2D eigenvalue weighted by atomic mass is 14.0. The molecule has 0 aliphatic rings. The number of hydrogen-bond donors (Lipinski definition) is 0. The number of benzene rings is 2. The van der Waals surface area contributed by atoms with Gasteiger partial charge in [-0.3, -0.25) is 0 Å². The first kappa shape index (κ1) is 12.9. The Morgan fingerprint density at radius 2 is 1.33 bits per heavy atom. The molecule has 0 amide bonds. The molecule has 0 aliphatic heterocycles. The van der Waals surface area contributed by atoms with Crippen LogP contribution in [0, 0.1) is 0 Å². The first-order valence-corrected chi connectivity index (χ1v) is 6.95. The molecule has 0 fully saturated rings. The minimum atomic E-state index is 1.21. The summed E-state index contributed by atoms with van der Waals surface area (Å²) in [4.78, 5) is 0. The quantitative estimate of drug-likeness (QED) is 0.551. The van der Waals surface area contributed by atoms with Crippen LogP contribution < -0.4 is 5.46 Å². The summed E-state index contributed by atoms with van der Waals surface area (Å²) in [5.41, 5.74) is 5.39. The SMILES string of the molecule is Bc1ccc(-c2ccc(CCCCC)cc2)cc1. The van der Waals surface area contributed by atoms with Crippen LogP contribution in [0.5, 0.6) is 0 Å². The van der Waals surface area contributed by atoms with Gasteiger partial charge in [0.15, 0.2) is 0 Å². The van der Waals surface area contributed by atoms with E-state index >= 15 is 0 Å². The van der Waals surface area contributed by atoms with Crippen LogP contribution in [0.3, 0.4) is 0 Å². The summed E-state index contributed by atoms with van der Waals surface area (Å²) in [7, 11) is 2.13. The Labute approximate surface area is 111 Å². The van der Waals surface area contributed by atoms with Crippen molar-refractivity contribution in [3.05, 3.63) is 54.1 Å².